The van der Waals surface area contributed by atoms with E-state index < -0.39 is 0 Å². The number of carbonyl (C=O) groups is 1. The Morgan fingerprint density at radius 3 is 2.56 bits per heavy atom. The number of esters is 1. The third kappa shape index (κ3) is 9.16. The summed E-state index contributed by atoms with van der Waals surface area (Å²) >= 11 is 3.80. The van der Waals surface area contributed by atoms with Crippen molar-refractivity contribution in [3.05, 3.63) is 12.7 Å². The van der Waals surface area contributed by atoms with E-state index in [9.17, 15) is 4.79 Å². The molecule has 0 fully saturated rings. The van der Waals surface area contributed by atoms with Crippen molar-refractivity contribution in [2.75, 3.05) is 18.1 Å². The lowest BCUT2D eigenvalue weighted by atomic mass is 10.4. The number of hydrogen-bond acceptors (Lipinski definition) is 4. The highest BCUT2D eigenvalue weighted by Crippen LogP contribution is 2.36. The molecule has 0 aliphatic carbocycles. The van der Waals surface area contributed by atoms with E-state index in [1.807, 2.05) is 23.5 Å². The van der Waals surface area contributed by atoms with E-state index in [-0.39, 0.29) is 10.0 Å². The third-order valence-corrected chi connectivity index (χ3v) is 4.85. The van der Waals surface area contributed by atoms with Gasteiger partial charge in [0.15, 0.2) is 0 Å². The predicted octanol–water partition coefficient (Wildman–Crippen LogP) is 3.72. The van der Waals surface area contributed by atoms with Gasteiger partial charge in [0, 0.05) is 11.8 Å². The molecule has 0 heterocycles. The van der Waals surface area contributed by atoms with Gasteiger partial charge in [-0.05, 0) is 26.0 Å². The van der Waals surface area contributed by atoms with E-state index in [0.717, 1.165) is 5.75 Å². The highest BCUT2D eigenvalue weighted by molar-refractivity contribution is 8.18. The summed E-state index contributed by atoms with van der Waals surface area (Å²) in [5, 5.41) is 0. The van der Waals surface area contributed by atoms with Crippen molar-refractivity contribution >= 4 is 29.5 Å². The van der Waals surface area contributed by atoms with Gasteiger partial charge in [0.05, 0.1) is 4.08 Å². The molecule has 0 unspecified atom stereocenters. The van der Waals surface area contributed by atoms with Crippen LogP contribution in [0.1, 0.15) is 33.6 Å². The zero-order valence-corrected chi connectivity index (χ0v) is 12.1. The van der Waals surface area contributed by atoms with Crippen molar-refractivity contribution in [3.8, 4) is 0 Å². The molecule has 0 bridgehead atoms. The van der Waals surface area contributed by atoms with Gasteiger partial charge in [-0.2, -0.15) is 0 Å². The van der Waals surface area contributed by atoms with Crippen molar-refractivity contribution in [2.24, 2.45) is 0 Å². The van der Waals surface area contributed by atoms with Crippen LogP contribution in [0.2, 0.25) is 0 Å². The first kappa shape index (κ1) is 15.9. The van der Waals surface area contributed by atoms with E-state index >= 15 is 0 Å². The zero-order valence-electron chi connectivity index (χ0n) is 10.5. The largest absolute Gasteiger partial charge is 0.462 e. The van der Waals surface area contributed by atoms with Gasteiger partial charge >= 0.3 is 5.97 Å². The van der Waals surface area contributed by atoms with Crippen molar-refractivity contribution in [1.82, 2.24) is 0 Å². The fraction of sp³-hybridized carbons (Fsp3) is 0.750. The first-order valence-electron chi connectivity index (χ1n) is 5.59. The van der Waals surface area contributed by atoms with Gasteiger partial charge in [-0.1, -0.05) is 19.9 Å². The second-order valence-electron chi connectivity index (χ2n) is 3.82. The van der Waals surface area contributed by atoms with Gasteiger partial charge in [0.1, 0.15) is 6.61 Å². The Bertz CT molecular complexity index is 215. The molecule has 4 heteroatoms. The maximum Gasteiger partial charge on any atom is 0.330 e. The maximum absolute atomic E-state index is 10.8. The lowest BCUT2D eigenvalue weighted by molar-refractivity contribution is -0.137. The van der Waals surface area contributed by atoms with Crippen LogP contribution in [-0.2, 0) is 9.53 Å². The van der Waals surface area contributed by atoms with Crippen LogP contribution < -0.4 is 0 Å². The molecule has 0 atom stereocenters. The molecule has 0 aromatic rings. The summed E-state index contributed by atoms with van der Waals surface area (Å²) in [5.41, 5.74) is 0. The normalized spacial score (nSPS) is 11.2. The van der Waals surface area contributed by atoms with Crippen molar-refractivity contribution in [1.29, 1.82) is 0 Å². The molecule has 0 saturated heterocycles. The third-order valence-electron chi connectivity index (χ3n) is 1.89. The fourth-order valence-corrected chi connectivity index (χ4v) is 3.41. The minimum Gasteiger partial charge on any atom is -0.462 e. The molecule has 0 spiro atoms. The Morgan fingerprint density at radius 1 is 1.38 bits per heavy atom. The molecular formula is C12H22O2S2. The fourth-order valence-electron chi connectivity index (χ4n) is 0.993. The van der Waals surface area contributed by atoms with E-state index in [4.69, 9.17) is 4.74 Å². The van der Waals surface area contributed by atoms with Gasteiger partial charge in [-0.25, -0.2) is 4.79 Å². The summed E-state index contributed by atoms with van der Waals surface area (Å²) in [5.74, 6) is 1.70. The summed E-state index contributed by atoms with van der Waals surface area (Å²) in [7, 11) is 0. The molecule has 2 nitrogen and oxygen atoms in total. The van der Waals surface area contributed by atoms with Crippen LogP contribution in [0.5, 0.6) is 0 Å². The number of thioether (sulfide) groups is 2. The Hall–Kier alpha value is -0.0900. The van der Waals surface area contributed by atoms with Crippen molar-refractivity contribution < 1.29 is 9.53 Å². The molecule has 0 aliphatic heterocycles. The molecule has 16 heavy (non-hydrogen) atoms. The Labute approximate surface area is 108 Å². The lowest BCUT2D eigenvalue weighted by Crippen LogP contribution is -2.13. The van der Waals surface area contributed by atoms with Crippen LogP contribution in [0.3, 0.4) is 0 Å². The second kappa shape index (κ2) is 8.99. The molecule has 94 valence electrons. The Kier molecular flexibility index (Phi) is 8.94. The van der Waals surface area contributed by atoms with Gasteiger partial charge in [0.25, 0.3) is 0 Å². The number of carbonyl (C=O) groups excluding carboxylic acids is 1. The summed E-state index contributed by atoms with van der Waals surface area (Å²) in [6, 6.07) is 0. The van der Waals surface area contributed by atoms with Gasteiger partial charge in [0.2, 0.25) is 0 Å². The minimum atomic E-state index is -0.336. The van der Waals surface area contributed by atoms with Crippen LogP contribution in [0, 0.1) is 0 Å². The molecular weight excluding hydrogens is 240 g/mol. The average molecular weight is 262 g/mol. The predicted molar refractivity (Wildman–Crippen MR) is 75.1 cm³/mol. The van der Waals surface area contributed by atoms with Crippen LogP contribution in [0.4, 0.5) is 0 Å². The number of ether oxygens (including phenoxy) is 1. The molecule has 0 aromatic carbocycles. The quantitative estimate of drug-likeness (QED) is 0.274. The van der Waals surface area contributed by atoms with E-state index in [1.165, 1.54) is 24.7 Å². The number of rotatable bonds is 9. The molecule has 0 N–H and O–H groups in total. The minimum absolute atomic E-state index is 0.204. The smallest absolute Gasteiger partial charge is 0.330 e. The van der Waals surface area contributed by atoms with E-state index in [2.05, 4.69) is 27.4 Å². The average Bonchev–Trinajstić information content (AvgIpc) is 2.24. The Balaban J connectivity index is 3.56. The Morgan fingerprint density at radius 2 is 2.00 bits per heavy atom. The van der Waals surface area contributed by atoms with Gasteiger partial charge < -0.3 is 4.74 Å². The highest BCUT2D eigenvalue weighted by atomic mass is 32.2. The standard InChI is InChI=1S/C12H22O2S2/c1-5-7-9-15-12(3,4)16-10-8-14-11(13)6-2/h6H,2,5,7-10H2,1,3-4H3. The second-order valence-corrected chi connectivity index (χ2v) is 7.52. The zero-order chi connectivity index (χ0) is 12.4. The van der Waals surface area contributed by atoms with Gasteiger partial charge in [-0.15, -0.1) is 23.5 Å². The van der Waals surface area contributed by atoms with Gasteiger partial charge in [-0.3, -0.25) is 0 Å². The van der Waals surface area contributed by atoms with Crippen LogP contribution in [-0.4, -0.2) is 28.2 Å². The van der Waals surface area contributed by atoms with Crippen molar-refractivity contribution in [3.63, 3.8) is 0 Å². The van der Waals surface area contributed by atoms with E-state index in [1.54, 1.807) is 0 Å². The highest BCUT2D eigenvalue weighted by Gasteiger charge is 2.18. The van der Waals surface area contributed by atoms with Crippen LogP contribution >= 0.6 is 23.5 Å². The first-order chi connectivity index (χ1) is 7.52. The van der Waals surface area contributed by atoms with Crippen molar-refractivity contribution in [2.45, 2.75) is 37.7 Å². The lowest BCUT2D eigenvalue weighted by Gasteiger charge is -2.23. The maximum atomic E-state index is 10.8. The summed E-state index contributed by atoms with van der Waals surface area (Å²) in [6.07, 6.45) is 3.70. The SMILES string of the molecule is C=CC(=O)OCCSC(C)(C)SCCCC. The van der Waals surface area contributed by atoms with E-state index in [0.29, 0.717) is 6.61 Å². The number of unbranched alkanes of at least 4 members (excludes halogenated alkanes) is 1. The summed E-state index contributed by atoms with van der Waals surface area (Å²) in [6.45, 7) is 10.5. The monoisotopic (exact) mass is 262 g/mol. The van der Waals surface area contributed by atoms with Crippen LogP contribution in [0.15, 0.2) is 12.7 Å². The molecule has 0 aliphatic rings. The summed E-state index contributed by atoms with van der Waals surface area (Å²) in [4.78, 5) is 10.8. The molecule has 0 amide bonds. The summed E-state index contributed by atoms with van der Waals surface area (Å²) < 4.78 is 5.13. The molecule has 0 radical (unpaired) electrons. The molecule has 0 saturated carbocycles. The molecule has 0 aromatic heterocycles. The number of hydrogen-bond donors (Lipinski definition) is 0. The van der Waals surface area contributed by atoms with Crippen LogP contribution in [0.25, 0.3) is 0 Å². The topological polar surface area (TPSA) is 26.3 Å². The molecule has 0 rings (SSSR count). The first-order valence-corrected chi connectivity index (χ1v) is 7.56.